The molecule has 2 N–H and O–H groups in total. The summed E-state index contributed by atoms with van der Waals surface area (Å²) >= 11 is 0. The highest BCUT2D eigenvalue weighted by Gasteiger charge is 2.42. The molecule has 2 rings (SSSR count). The van der Waals surface area contributed by atoms with Crippen LogP contribution in [0.25, 0.3) is 0 Å². The van der Waals surface area contributed by atoms with Crippen molar-refractivity contribution in [2.24, 2.45) is 0 Å². The van der Waals surface area contributed by atoms with Crippen LogP contribution >= 0.6 is 0 Å². The summed E-state index contributed by atoms with van der Waals surface area (Å²) in [4.78, 5) is 2.25. The maximum atomic E-state index is 11.6. The van der Waals surface area contributed by atoms with Gasteiger partial charge in [0.05, 0.1) is 23.7 Å². The summed E-state index contributed by atoms with van der Waals surface area (Å²) in [5.41, 5.74) is 0. The van der Waals surface area contributed by atoms with Crippen molar-refractivity contribution in [3.63, 3.8) is 0 Å². The van der Waals surface area contributed by atoms with Gasteiger partial charge in [0, 0.05) is 6.04 Å². The molecule has 0 saturated carbocycles. The van der Waals surface area contributed by atoms with Gasteiger partial charge in [0.25, 0.3) is 0 Å². The average molecular weight is 276 g/mol. The van der Waals surface area contributed by atoms with Crippen LogP contribution in [0.1, 0.15) is 25.7 Å². The molecule has 106 valence electrons. The summed E-state index contributed by atoms with van der Waals surface area (Å²) in [5.74, 6) is 0.0666. The Balaban J connectivity index is 2.04. The van der Waals surface area contributed by atoms with Crippen molar-refractivity contribution < 1.29 is 13.5 Å². The van der Waals surface area contributed by atoms with Crippen LogP contribution < -0.4 is 5.32 Å². The molecule has 18 heavy (non-hydrogen) atoms. The summed E-state index contributed by atoms with van der Waals surface area (Å²) in [7, 11) is -1.11. The fourth-order valence-corrected chi connectivity index (χ4v) is 5.02. The molecule has 0 aromatic carbocycles. The third kappa shape index (κ3) is 3.23. The standard InChI is InChI=1S/C12H24N2O3S/c1-13-6-5-10-4-2-3-7-14(10)11-8-18(16,17)9-12(11)15/h10-13,15H,2-9H2,1H3. The SMILES string of the molecule is CNCCC1CCCCN1C1CS(=O)(=O)CC1O. The van der Waals surface area contributed by atoms with Gasteiger partial charge in [0.1, 0.15) is 0 Å². The van der Waals surface area contributed by atoms with Crippen molar-refractivity contribution in [2.75, 3.05) is 31.6 Å². The normalized spacial score (nSPS) is 36.9. The van der Waals surface area contributed by atoms with Crippen molar-refractivity contribution in [2.45, 2.75) is 43.9 Å². The Morgan fingerprint density at radius 2 is 2.11 bits per heavy atom. The number of nitrogens with zero attached hydrogens (tertiary/aromatic N) is 1. The van der Waals surface area contributed by atoms with E-state index in [0.29, 0.717) is 6.04 Å². The fraction of sp³-hybridized carbons (Fsp3) is 1.00. The van der Waals surface area contributed by atoms with E-state index in [1.165, 1.54) is 6.42 Å². The van der Waals surface area contributed by atoms with Crippen LogP contribution in [0.15, 0.2) is 0 Å². The second kappa shape index (κ2) is 5.86. The number of sulfone groups is 1. The number of likely N-dealkylation sites (tertiary alicyclic amines) is 1. The quantitative estimate of drug-likeness (QED) is 0.732. The Kier molecular flexibility index (Phi) is 4.64. The zero-order valence-corrected chi connectivity index (χ0v) is 11.8. The number of piperidine rings is 1. The molecule has 2 heterocycles. The molecular formula is C12H24N2O3S. The van der Waals surface area contributed by atoms with E-state index < -0.39 is 15.9 Å². The maximum absolute atomic E-state index is 11.6. The number of aliphatic hydroxyl groups excluding tert-OH is 1. The number of rotatable bonds is 4. The van der Waals surface area contributed by atoms with E-state index in [2.05, 4.69) is 10.2 Å². The van der Waals surface area contributed by atoms with Gasteiger partial charge in [-0.25, -0.2) is 8.42 Å². The van der Waals surface area contributed by atoms with Crippen LogP contribution in [-0.4, -0.2) is 68.3 Å². The van der Waals surface area contributed by atoms with Crippen LogP contribution in [-0.2, 0) is 9.84 Å². The second-order valence-corrected chi connectivity index (χ2v) is 7.65. The van der Waals surface area contributed by atoms with E-state index in [-0.39, 0.29) is 17.5 Å². The van der Waals surface area contributed by atoms with Gasteiger partial charge in [0.15, 0.2) is 9.84 Å². The molecule has 6 heteroatoms. The first kappa shape index (κ1) is 14.2. The van der Waals surface area contributed by atoms with E-state index in [1.54, 1.807) is 0 Å². The van der Waals surface area contributed by atoms with Crippen LogP contribution in [0.4, 0.5) is 0 Å². The van der Waals surface area contributed by atoms with Gasteiger partial charge < -0.3 is 10.4 Å². The van der Waals surface area contributed by atoms with Gasteiger partial charge in [-0.1, -0.05) is 6.42 Å². The number of aliphatic hydroxyl groups is 1. The lowest BCUT2D eigenvalue weighted by atomic mass is 9.96. The van der Waals surface area contributed by atoms with E-state index in [1.807, 2.05) is 7.05 Å². The predicted octanol–water partition coefficient (Wildman–Crippen LogP) is -0.392. The monoisotopic (exact) mass is 276 g/mol. The molecule has 0 aromatic heterocycles. The lowest BCUT2D eigenvalue weighted by molar-refractivity contribution is 0.0319. The highest BCUT2D eigenvalue weighted by Crippen LogP contribution is 2.27. The van der Waals surface area contributed by atoms with Crippen molar-refractivity contribution in [1.82, 2.24) is 10.2 Å². The molecule has 0 spiro atoms. The Morgan fingerprint density at radius 3 is 2.72 bits per heavy atom. The van der Waals surface area contributed by atoms with Crippen molar-refractivity contribution in [3.8, 4) is 0 Å². The molecule has 0 aliphatic carbocycles. The van der Waals surface area contributed by atoms with Gasteiger partial charge >= 0.3 is 0 Å². The minimum atomic E-state index is -3.05. The van der Waals surface area contributed by atoms with E-state index >= 15 is 0 Å². The van der Waals surface area contributed by atoms with Gasteiger partial charge in [0.2, 0.25) is 0 Å². The molecule has 0 bridgehead atoms. The van der Waals surface area contributed by atoms with Gasteiger partial charge in [-0.3, -0.25) is 4.90 Å². The Labute approximate surface area is 109 Å². The minimum absolute atomic E-state index is 0.0626. The number of hydrogen-bond donors (Lipinski definition) is 2. The molecule has 2 fully saturated rings. The topological polar surface area (TPSA) is 69.6 Å². The molecule has 0 radical (unpaired) electrons. The van der Waals surface area contributed by atoms with Crippen LogP contribution in [0.2, 0.25) is 0 Å². The number of hydrogen-bond acceptors (Lipinski definition) is 5. The summed E-state index contributed by atoms with van der Waals surface area (Å²) < 4.78 is 23.2. The van der Waals surface area contributed by atoms with Crippen LogP contribution in [0.3, 0.4) is 0 Å². The van der Waals surface area contributed by atoms with E-state index in [4.69, 9.17) is 0 Å². The first-order chi connectivity index (χ1) is 8.53. The highest BCUT2D eigenvalue weighted by atomic mass is 32.2. The molecule has 3 unspecified atom stereocenters. The average Bonchev–Trinajstić information content (AvgIpc) is 2.60. The van der Waals surface area contributed by atoms with Crippen LogP contribution in [0.5, 0.6) is 0 Å². The molecule has 0 aromatic rings. The highest BCUT2D eigenvalue weighted by molar-refractivity contribution is 7.91. The first-order valence-corrected chi connectivity index (χ1v) is 8.64. The fourth-order valence-electron chi connectivity index (χ4n) is 3.21. The maximum Gasteiger partial charge on any atom is 0.154 e. The predicted molar refractivity (Wildman–Crippen MR) is 71.3 cm³/mol. The van der Waals surface area contributed by atoms with Gasteiger partial charge in [-0.15, -0.1) is 0 Å². The molecule has 3 atom stereocenters. The smallest absolute Gasteiger partial charge is 0.154 e. The zero-order chi connectivity index (χ0) is 13.2. The lowest BCUT2D eigenvalue weighted by Crippen LogP contribution is -2.51. The lowest BCUT2D eigenvalue weighted by Gasteiger charge is -2.40. The molecule has 0 amide bonds. The molecule has 2 aliphatic heterocycles. The van der Waals surface area contributed by atoms with E-state index in [9.17, 15) is 13.5 Å². The molecule has 2 aliphatic rings. The van der Waals surface area contributed by atoms with Crippen LogP contribution in [0, 0.1) is 0 Å². The van der Waals surface area contributed by atoms with Gasteiger partial charge in [-0.05, 0) is 39.4 Å². The summed E-state index contributed by atoms with van der Waals surface area (Å²) in [5, 5.41) is 13.1. The Hall–Kier alpha value is -0.170. The first-order valence-electron chi connectivity index (χ1n) is 6.82. The van der Waals surface area contributed by atoms with Crippen molar-refractivity contribution in [3.05, 3.63) is 0 Å². The molecule has 2 saturated heterocycles. The Morgan fingerprint density at radius 1 is 1.33 bits per heavy atom. The summed E-state index contributed by atoms with van der Waals surface area (Å²) in [6, 6.07) is 0.233. The summed E-state index contributed by atoms with van der Waals surface area (Å²) in [6.07, 6.45) is 3.76. The Bertz CT molecular complexity index is 372. The molecule has 5 nitrogen and oxygen atoms in total. The molecular weight excluding hydrogens is 252 g/mol. The van der Waals surface area contributed by atoms with Gasteiger partial charge in [-0.2, -0.15) is 0 Å². The van der Waals surface area contributed by atoms with E-state index in [0.717, 1.165) is 32.4 Å². The number of nitrogens with one attached hydrogen (secondary N) is 1. The minimum Gasteiger partial charge on any atom is -0.390 e. The summed E-state index contributed by atoms with van der Waals surface area (Å²) in [6.45, 7) is 1.86. The van der Waals surface area contributed by atoms with Crippen molar-refractivity contribution >= 4 is 9.84 Å². The zero-order valence-electron chi connectivity index (χ0n) is 11.0. The second-order valence-electron chi connectivity index (χ2n) is 5.49. The third-order valence-electron chi connectivity index (χ3n) is 4.12. The largest absolute Gasteiger partial charge is 0.390 e. The third-order valence-corrected chi connectivity index (χ3v) is 5.82. The van der Waals surface area contributed by atoms with Crippen molar-refractivity contribution in [1.29, 1.82) is 0 Å².